The van der Waals surface area contributed by atoms with Gasteiger partial charge in [0.15, 0.2) is 0 Å². The van der Waals surface area contributed by atoms with Gasteiger partial charge >= 0.3 is 0 Å². The van der Waals surface area contributed by atoms with Crippen LogP contribution in [0.2, 0.25) is 0 Å². The van der Waals surface area contributed by atoms with Gasteiger partial charge in [-0.25, -0.2) is 0 Å². The summed E-state index contributed by atoms with van der Waals surface area (Å²) in [5.41, 5.74) is 0.712. The van der Waals surface area contributed by atoms with E-state index in [-0.39, 0.29) is 5.91 Å². The van der Waals surface area contributed by atoms with Gasteiger partial charge in [0.05, 0.1) is 19.3 Å². The molecule has 2 unspecified atom stereocenters. The zero-order chi connectivity index (χ0) is 15.2. The summed E-state index contributed by atoms with van der Waals surface area (Å²) >= 11 is 0. The molecule has 1 heterocycles. The Morgan fingerprint density at radius 3 is 2.90 bits per heavy atom. The van der Waals surface area contributed by atoms with Crippen LogP contribution in [0.1, 0.15) is 19.8 Å². The summed E-state index contributed by atoms with van der Waals surface area (Å²) in [6.07, 6.45) is 2.17. The number of benzene rings is 1. The number of nitrogens with one attached hydrogen (secondary N) is 2. The number of likely N-dealkylation sites (tertiary alicyclic amines) is 1. The average molecular weight is 291 g/mol. The fraction of sp³-hybridized carbons (Fsp3) is 0.562. The third kappa shape index (κ3) is 4.44. The number of hydrogen-bond acceptors (Lipinski definition) is 4. The topological polar surface area (TPSA) is 53.6 Å². The van der Waals surface area contributed by atoms with Crippen molar-refractivity contribution in [1.29, 1.82) is 0 Å². The molecule has 0 aromatic heterocycles. The van der Waals surface area contributed by atoms with Gasteiger partial charge in [-0.15, -0.1) is 0 Å². The highest BCUT2D eigenvalue weighted by Crippen LogP contribution is 2.22. The van der Waals surface area contributed by atoms with Crippen LogP contribution in [0.5, 0.6) is 5.75 Å². The van der Waals surface area contributed by atoms with Crippen LogP contribution in [0.3, 0.4) is 0 Å². The molecule has 1 amide bonds. The Kier molecular flexibility index (Phi) is 5.59. The van der Waals surface area contributed by atoms with Crippen molar-refractivity contribution in [3.05, 3.63) is 24.3 Å². The minimum atomic E-state index is -0.0360. The molecule has 1 aliphatic heterocycles. The number of ether oxygens (including phenoxy) is 1. The number of piperidine rings is 1. The average Bonchev–Trinajstić information content (AvgIpc) is 2.49. The van der Waals surface area contributed by atoms with Crippen LogP contribution in [-0.2, 0) is 4.79 Å². The molecule has 2 atom stereocenters. The van der Waals surface area contributed by atoms with Crippen molar-refractivity contribution >= 4 is 11.6 Å². The monoisotopic (exact) mass is 291 g/mol. The van der Waals surface area contributed by atoms with E-state index < -0.39 is 0 Å². The Morgan fingerprint density at radius 2 is 2.19 bits per heavy atom. The van der Waals surface area contributed by atoms with Gasteiger partial charge < -0.3 is 20.3 Å². The van der Waals surface area contributed by atoms with E-state index in [1.165, 1.54) is 0 Å². The van der Waals surface area contributed by atoms with Crippen LogP contribution < -0.4 is 15.4 Å². The lowest BCUT2D eigenvalue weighted by Gasteiger charge is -2.35. The first-order valence-corrected chi connectivity index (χ1v) is 7.46. The van der Waals surface area contributed by atoms with Crippen molar-refractivity contribution in [2.45, 2.75) is 31.8 Å². The van der Waals surface area contributed by atoms with Crippen molar-refractivity contribution in [3.8, 4) is 5.75 Å². The highest BCUT2D eigenvalue weighted by Gasteiger charge is 2.22. The third-order valence-electron chi connectivity index (χ3n) is 4.14. The lowest BCUT2D eigenvalue weighted by atomic mass is 9.99. The molecule has 5 nitrogen and oxygen atoms in total. The first kappa shape index (κ1) is 15.8. The molecule has 1 fully saturated rings. The molecule has 0 bridgehead atoms. The largest absolute Gasteiger partial charge is 0.495 e. The molecule has 21 heavy (non-hydrogen) atoms. The molecule has 0 radical (unpaired) electrons. The molecule has 0 saturated carbocycles. The lowest BCUT2D eigenvalue weighted by Crippen LogP contribution is -2.47. The number of rotatable bonds is 5. The van der Waals surface area contributed by atoms with Gasteiger partial charge in [0, 0.05) is 12.1 Å². The second kappa shape index (κ2) is 7.43. The van der Waals surface area contributed by atoms with Gasteiger partial charge in [0.1, 0.15) is 5.75 Å². The van der Waals surface area contributed by atoms with E-state index >= 15 is 0 Å². The van der Waals surface area contributed by atoms with E-state index in [0.717, 1.165) is 19.4 Å². The maximum Gasteiger partial charge on any atom is 0.238 e. The number of carbonyl (C=O) groups excluding carboxylic acids is 1. The van der Waals surface area contributed by atoms with Crippen molar-refractivity contribution in [2.24, 2.45) is 0 Å². The Morgan fingerprint density at radius 1 is 1.43 bits per heavy atom. The first-order chi connectivity index (χ1) is 10.1. The quantitative estimate of drug-likeness (QED) is 0.867. The number of nitrogens with zero attached hydrogens (tertiary/aromatic N) is 1. The summed E-state index contributed by atoms with van der Waals surface area (Å²) in [4.78, 5) is 14.4. The van der Waals surface area contributed by atoms with Gasteiger partial charge in [-0.3, -0.25) is 4.79 Å². The van der Waals surface area contributed by atoms with Crippen LogP contribution >= 0.6 is 0 Å². The molecular weight excluding hydrogens is 266 g/mol. The lowest BCUT2D eigenvalue weighted by molar-refractivity contribution is -0.115. The van der Waals surface area contributed by atoms with E-state index in [1.54, 1.807) is 7.11 Å². The van der Waals surface area contributed by atoms with Crippen LogP contribution in [-0.4, -0.2) is 50.1 Å². The number of methoxy groups -OCH3 is 1. The number of anilines is 1. The fourth-order valence-electron chi connectivity index (χ4n) is 2.65. The van der Waals surface area contributed by atoms with Gasteiger partial charge in [-0.1, -0.05) is 12.1 Å². The Hall–Kier alpha value is -1.59. The highest BCUT2D eigenvalue weighted by molar-refractivity contribution is 5.93. The van der Waals surface area contributed by atoms with Crippen LogP contribution in [0.15, 0.2) is 24.3 Å². The summed E-state index contributed by atoms with van der Waals surface area (Å²) in [6, 6.07) is 8.42. The molecule has 2 rings (SSSR count). The van der Waals surface area contributed by atoms with E-state index in [2.05, 4.69) is 29.5 Å². The Balaban J connectivity index is 1.80. The van der Waals surface area contributed by atoms with Crippen LogP contribution in [0.4, 0.5) is 5.69 Å². The van der Waals surface area contributed by atoms with Gasteiger partial charge in [-0.2, -0.15) is 0 Å². The van der Waals surface area contributed by atoms with E-state index in [1.807, 2.05) is 24.3 Å². The minimum Gasteiger partial charge on any atom is -0.495 e. The maximum atomic E-state index is 12.0. The van der Waals surface area contributed by atoms with Crippen molar-refractivity contribution in [3.63, 3.8) is 0 Å². The van der Waals surface area contributed by atoms with E-state index in [0.29, 0.717) is 30.1 Å². The molecule has 1 aliphatic rings. The maximum absolute atomic E-state index is 12.0. The molecule has 0 spiro atoms. The van der Waals surface area contributed by atoms with Crippen molar-refractivity contribution in [1.82, 2.24) is 10.2 Å². The van der Waals surface area contributed by atoms with Gasteiger partial charge in [0.25, 0.3) is 0 Å². The first-order valence-electron chi connectivity index (χ1n) is 7.46. The number of carbonyl (C=O) groups is 1. The van der Waals surface area contributed by atoms with E-state index in [9.17, 15) is 4.79 Å². The fourth-order valence-corrected chi connectivity index (χ4v) is 2.65. The van der Waals surface area contributed by atoms with Gasteiger partial charge in [0.2, 0.25) is 5.91 Å². The predicted molar refractivity (Wildman–Crippen MR) is 84.7 cm³/mol. The number of para-hydroxylation sites is 2. The third-order valence-corrected chi connectivity index (χ3v) is 4.14. The second-order valence-electron chi connectivity index (χ2n) is 5.68. The van der Waals surface area contributed by atoms with Crippen LogP contribution in [0.25, 0.3) is 0 Å². The predicted octanol–water partition coefficient (Wildman–Crippen LogP) is 1.71. The summed E-state index contributed by atoms with van der Waals surface area (Å²) in [7, 11) is 3.75. The summed E-state index contributed by atoms with van der Waals surface area (Å²) in [5, 5.41) is 6.23. The number of hydrogen-bond donors (Lipinski definition) is 2. The minimum absolute atomic E-state index is 0.0360. The molecule has 1 aromatic rings. The van der Waals surface area contributed by atoms with E-state index in [4.69, 9.17) is 4.74 Å². The smallest absolute Gasteiger partial charge is 0.238 e. The van der Waals surface area contributed by atoms with Crippen LogP contribution in [0, 0.1) is 0 Å². The van der Waals surface area contributed by atoms with Crippen molar-refractivity contribution < 1.29 is 9.53 Å². The van der Waals surface area contributed by atoms with Crippen molar-refractivity contribution in [2.75, 3.05) is 32.6 Å². The normalized spacial score (nSPS) is 22.8. The Labute approximate surface area is 126 Å². The summed E-state index contributed by atoms with van der Waals surface area (Å²) in [6.45, 7) is 3.63. The molecule has 1 aromatic carbocycles. The number of amides is 1. The summed E-state index contributed by atoms with van der Waals surface area (Å²) < 4.78 is 5.23. The molecule has 2 N–H and O–H groups in total. The van der Waals surface area contributed by atoms with Gasteiger partial charge in [-0.05, 0) is 45.5 Å². The molecule has 1 saturated heterocycles. The summed E-state index contributed by atoms with van der Waals surface area (Å²) in [5.74, 6) is 0.643. The standard InChI is InChI=1S/C16H25N3O2/c1-12-10-13(8-9-19(12)2)17-11-16(20)18-14-6-4-5-7-15(14)21-3/h4-7,12-13,17H,8-11H2,1-3H3,(H,18,20). The highest BCUT2D eigenvalue weighted by atomic mass is 16.5. The molecule has 116 valence electrons. The Bertz CT molecular complexity index is 478. The molecule has 5 heteroatoms. The SMILES string of the molecule is COc1ccccc1NC(=O)CNC1CCN(C)C(C)C1. The second-order valence-corrected chi connectivity index (χ2v) is 5.68. The molecular formula is C16H25N3O2. The zero-order valence-corrected chi connectivity index (χ0v) is 13.1. The zero-order valence-electron chi connectivity index (χ0n) is 13.1. The molecule has 0 aliphatic carbocycles.